The smallest absolute Gasteiger partial charge is 0.258 e. The number of hydrogen-bond acceptors (Lipinski definition) is 3. The van der Waals surface area contributed by atoms with E-state index in [1.165, 1.54) is 5.56 Å². The summed E-state index contributed by atoms with van der Waals surface area (Å²) in [4.78, 5) is 30.8. The molecule has 0 unspecified atom stereocenters. The van der Waals surface area contributed by atoms with Crippen LogP contribution in [-0.4, -0.2) is 36.9 Å². The van der Waals surface area contributed by atoms with Gasteiger partial charge in [0, 0.05) is 37.3 Å². The first-order valence-corrected chi connectivity index (χ1v) is 12.5. The minimum atomic E-state index is -0.0439. The highest BCUT2D eigenvalue weighted by Gasteiger charge is 2.23. The van der Waals surface area contributed by atoms with Crippen molar-refractivity contribution in [2.45, 2.75) is 45.1 Å². The van der Waals surface area contributed by atoms with Crippen LogP contribution in [0.1, 0.15) is 53.6 Å². The highest BCUT2D eigenvalue weighted by atomic mass is 16.5. The van der Waals surface area contributed by atoms with Crippen molar-refractivity contribution in [2.75, 3.05) is 25.1 Å². The molecule has 0 N–H and O–H groups in total. The van der Waals surface area contributed by atoms with Crippen LogP contribution >= 0.6 is 0 Å². The van der Waals surface area contributed by atoms with Gasteiger partial charge in [-0.15, -0.1) is 0 Å². The van der Waals surface area contributed by atoms with Crippen LogP contribution in [0.5, 0.6) is 5.75 Å². The number of methoxy groups -OCH3 is 1. The van der Waals surface area contributed by atoms with Crippen LogP contribution in [-0.2, 0) is 17.8 Å². The van der Waals surface area contributed by atoms with E-state index in [9.17, 15) is 9.59 Å². The summed E-state index contributed by atoms with van der Waals surface area (Å²) < 4.78 is 5.34. The minimum Gasteiger partial charge on any atom is -0.497 e. The fraction of sp³-hybridized carbons (Fsp3) is 0.333. The monoisotopic (exact) mass is 470 g/mol. The van der Waals surface area contributed by atoms with E-state index in [1.54, 1.807) is 13.2 Å². The number of rotatable bonds is 5. The molecule has 5 heteroatoms. The van der Waals surface area contributed by atoms with Crippen molar-refractivity contribution in [1.29, 1.82) is 0 Å². The van der Waals surface area contributed by atoms with Gasteiger partial charge in [-0.3, -0.25) is 9.59 Å². The molecule has 182 valence electrons. The summed E-state index contributed by atoms with van der Waals surface area (Å²) in [6, 6.07) is 25.4. The van der Waals surface area contributed by atoms with Crippen molar-refractivity contribution in [2.24, 2.45) is 0 Å². The van der Waals surface area contributed by atoms with Crippen molar-refractivity contribution < 1.29 is 14.3 Å². The molecule has 0 aliphatic carbocycles. The molecule has 0 spiro atoms. The predicted octanol–water partition coefficient (Wildman–Crippen LogP) is 5.88. The largest absolute Gasteiger partial charge is 0.497 e. The molecule has 0 fully saturated rings. The molecule has 0 radical (unpaired) electrons. The van der Waals surface area contributed by atoms with Gasteiger partial charge in [0.1, 0.15) is 5.75 Å². The standard InChI is InChI=1S/C30H34N2O3/c1-35-27-16-11-15-25(22-27)30(34)32-21-10-3-2-9-20-31(23-26-14-7-8-17-28(26)32)29(33)19-18-24-12-5-4-6-13-24/h4-8,11-17,22H,2-3,9-10,18-21,23H2,1H3. The second-order valence-electron chi connectivity index (χ2n) is 9.03. The Labute approximate surface area is 208 Å². The maximum Gasteiger partial charge on any atom is 0.258 e. The van der Waals surface area contributed by atoms with E-state index < -0.39 is 0 Å². The Morgan fingerprint density at radius 3 is 2.37 bits per heavy atom. The summed E-state index contributed by atoms with van der Waals surface area (Å²) in [5, 5.41) is 0. The zero-order chi connectivity index (χ0) is 24.5. The molecule has 0 saturated carbocycles. The van der Waals surface area contributed by atoms with Gasteiger partial charge in [-0.25, -0.2) is 0 Å². The van der Waals surface area contributed by atoms with E-state index in [0.29, 0.717) is 30.8 Å². The predicted molar refractivity (Wildman–Crippen MR) is 140 cm³/mol. The van der Waals surface area contributed by atoms with Gasteiger partial charge in [0.2, 0.25) is 5.91 Å². The van der Waals surface area contributed by atoms with Gasteiger partial charge in [0.05, 0.1) is 7.11 Å². The van der Waals surface area contributed by atoms with E-state index in [2.05, 4.69) is 12.1 Å². The average Bonchev–Trinajstić information content (AvgIpc) is 2.95. The Morgan fingerprint density at radius 1 is 0.829 bits per heavy atom. The number of fused-ring (bicyclic) bond motifs is 1. The third-order valence-corrected chi connectivity index (χ3v) is 6.59. The molecule has 35 heavy (non-hydrogen) atoms. The van der Waals surface area contributed by atoms with Crippen LogP contribution in [0.3, 0.4) is 0 Å². The molecule has 4 rings (SSSR count). The highest BCUT2D eigenvalue weighted by Crippen LogP contribution is 2.27. The SMILES string of the molecule is COc1cccc(C(=O)N2CCCCCCN(C(=O)CCc3ccccc3)Cc3ccccc32)c1. The Hall–Kier alpha value is -3.60. The van der Waals surface area contributed by atoms with E-state index >= 15 is 0 Å². The van der Waals surface area contributed by atoms with Crippen molar-refractivity contribution in [3.63, 3.8) is 0 Å². The van der Waals surface area contributed by atoms with Gasteiger partial charge in [-0.2, -0.15) is 0 Å². The Kier molecular flexibility index (Phi) is 8.55. The first kappa shape index (κ1) is 24.5. The van der Waals surface area contributed by atoms with Crippen LogP contribution in [0.4, 0.5) is 5.69 Å². The minimum absolute atomic E-state index is 0.0439. The normalized spacial score (nSPS) is 14.5. The number of carbonyl (C=O) groups is 2. The maximum absolute atomic E-state index is 13.6. The molecular formula is C30H34N2O3. The summed E-state index contributed by atoms with van der Waals surface area (Å²) in [5.41, 5.74) is 3.65. The first-order chi connectivity index (χ1) is 17.2. The summed E-state index contributed by atoms with van der Waals surface area (Å²) in [5.74, 6) is 0.781. The average molecular weight is 471 g/mol. The third-order valence-electron chi connectivity index (χ3n) is 6.59. The molecule has 2 amide bonds. The summed E-state index contributed by atoms with van der Waals surface area (Å²) in [6.45, 7) is 1.90. The first-order valence-electron chi connectivity index (χ1n) is 12.5. The Bertz CT molecular complexity index is 1130. The quantitative estimate of drug-likeness (QED) is 0.468. The molecular weight excluding hydrogens is 436 g/mol. The second kappa shape index (κ2) is 12.2. The highest BCUT2D eigenvalue weighted by molar-refractivity contribution is 6.06. The number of para-hydroxylation sites is 1. The van der Waals surface area contributed by atoms with Crippen molar-refractivity contribution in [3.05, 3.63) is 95.6 Å². The lowest BCUT2D eigenvalue weighted by molar-refractivity contribution is -0.131. The fourth-order valence-electron chi connectivity index (χ4n) is 4.63. The molecule has 0 atom stereocenters. The van der Waals surface area contributed by atoms with Gasteiger partial charge in [-0.1, -0.05) is 67.4 Å². The molecule has 1 aliphatic rings. The van der Waals surface area contributed by atoms with Gasteiger partial charge in [-0.05, 0) is 54.7 Å². The van der Waals surface area contributed by atoms with E-state index in [4.69, 9.17) is 4.74 Å². The van der Waals surface area contributed by atoms with Crippen LogP contribution in [0.2, 0.25) is 0 Å². The lowest BCUT2D eigenvalue weighted by Gasteiger charge is -2.28. The van der Waals surface area contributed by atoms with Crippen molar-refractivity contribution >= 4 is 17.5 Å². The number of hydrogen-bond donors (Lipinski definition) is 0. The van der Waals surface area contributed by atoms with Gasteiger partial charge >= 0.3 is 0 Å². The van der Waals surface area contributed by atoms with E-state index in [-0.39, 0.29) is 11.8 Å². The number of anilines is 1. The number of nitrogens with zero attached hydrogens (tertiary/aromatic N) is 2. The molecule has 5 nitrogen and oxygen atoms in total. The second-order valence-corrected chi connectivity index (χ2v) is 9.03. The van der Waals surface area contributed by atoms with Gasteiger partial charge in [0.25, 0.3) is 5.91 Å². The Morgan fingerprint density at radius 2 is 1.57 bits per heavy atom. The van der Waals surface area contributed by atoms with Gasteiger partial charge < -0.3 is 14.5 Å². The lowest BCUT2D eigenvalue weighted by atomic mass is 10.1. The number of benzene rings is 3. The third kappa shape index (κ3) is 6.50. The van der Waals surface area contributed by atoms with Crippen LogP contribution in [0.25, 0.3) is 0 Å². The van der Waals surface area contributed by atoms with Crippen molar-refractivity contribution in [1.82, 2.24) is 4.90 Å². The Balaban J connectivity index is 1.58. The summed E-state index contributed by atoms with van der Waals surface area (Å²) in [6.07, 6.45) is 5.18. The lowest BCUT2D eigenvalue weighted by Crippen LogP contribution is -2.35. The molecule has 1 aliphatic heterocycles. The molecule has 1 heterocycles. The van der Waals surface area contributed by atoms with Crippen LogP contribution < -0.4 is 9.64 Å². The molecule has 3 aromatic rings. The van der Waals surface area contributed by atoms with E-state index in [1.807, 2.05) is 70.5 Å². The summed E-state index contributed by atoms with van der Waals surface area (Å²) >= 11 is 0. The molecule has 3 aromatic carbocycles. The van der Waals surface area contributed by atoms with Gasteiger partial charge in [0.15, 0.2) is 0 Å². The maximum atomic E-state index is 13.6. The number of aryl methyl sites for hydroxylation is 1. The zero-order valence-electron chi connectivity index (χ0n) is 20.5. The van der Waals surface area contributed by atoms with Crippen LogP contribution in [0, 0.1) is 0 Å². The molecule has 0 saturated heterocycles. The number of carbonyl (C=O) groups excluding carboxylic acids is 2. The summed E-state index contributed by atoms with van der Waals surface area (Å²) in [7, 11) is 1.61. The van der Waals surface area contributed by atoms with E-state index in [0.717, 1.165) is 49.9 Å². The number of ether oxygens (including phenoxy) is 1. The van der Waals surface area contributed by atoms with Crippen LogP contribution in [0.15, 0.2) is 78.9 Å². The fourth-order valence-corrected chi connectivity index (χ4v) is 4.63. The topological polar surface area (TPSA) is 49.9 Å². The molecule has 0 aromatic heterocycles. The van der Waals surface area contributed by atoms with Crippen molar-refractivity contribution in [3.8, 4) is 5.75 Å². The zero-order valence-corrected chi connectivity index (χ0v) is 20.5. The molecule has 0 bridgehead atoms. The number of amides is 2.